The second-order valence-electron chi connectivity index (χ2n) is 8.23. The third kappa shape index (κ3) is 5.45. The van der Waals surface area contributed by atoms with Crippen LogP contribution in [0, 0.1) is 0 Å². The van der Waals surface area contributed by atoms with Gasteiger partial charge in [0.05, 0.1) is 30.0 Å². The fourth-order valence-corrected chi connectivity index (χ4v) is 4.22. The number of halogens is 1. The topological polar surface area (TPSA) is 54.5 Å². The van der Waals surface area contributed by atoms with Crippen LogP contribution in [0.2, 0.25) is 0 Å². The van der Waals surface area contributed by atoms with Gasteiger partial charge in [0.15, 0.2) is 0 Å². The molecular formula is C28H28ClN3O2. The Morgan fingerprint density at radius 1 is 0.853 bits per heavy atom. The Hall–Kier alpha value is -3.25. The highest BCUT2D eigenvalue weighted by Gasteiger charge is 2.15. The number of rotatable bonds is 6. The highest BCUT2D eigenvalue weighted by molar-refractivity contribution is 6.07. The van der Waals surface area contributed by atoms with Crippen LogP contribution in [0.3, 0.4) is 0 Å². The number of nitrogens with one attached hydrogen (secondary N) is 1. The summed E-state index contributed by atoms with van der Waals surface area (Å²) in [6, 6.07) is 28.4. The Kier molecular flexibility index (Phi) is 7.91. The molecule has 1 aromatic heterocycles. The molecule has 0 spiro atoms. The minimum absolute atomic E-state index is 0. The molecule has 1 aliphatic rings. The van der Waals surface area contributed by atoms with E-state index in [1.165, 1.54) is 5.56 Å². The Bertz CT molecular complexity index is 1240. The molecule has 2 heterocycles. The number of hydrogen-bond donors (Lipinski definition) is 1. The smallest absolute Gasteiger partial charge is 0.252 e. The predicted octanol–water partition coefficient (Wildman–Crippen LogP) is 5.05. The van der Waals surface area contributed by atoms with E-state index in [1.807, 2.05) is 48.5 Å². The lowest BCUT2D eigenvalue weighted by atomic mass is 10.0. The SMILES string of the molecule is Cl.O=C(NCCN1CCOCC1)c1cc(-c2ccc(-c3ccccc3)cc2)nc2ccccc12. The van der Waals surface area contributed by atoms with Crippen LogP contribution in [0.4, 0.5) is 0 Å². The number of morpholine rings is 1. The van der Waals surface area contributed by atoms with Gasteiger partial charge >= 0.3 is 0 Å². The number of fused-ring (bicyclic) bond motifs is 1. The Morgan fingerprint density at radius 3 is 2.26 bits per heavy atom. The normalized spacial score (nSPS) is 13.9. The molecule has 1 N–H and O–H groups in total. The van der Waals surface area contributed by atoms with Crippen molar-refractivity contribution in [2.24, 2.45) is 0 Å². The lowest BCUT2D eigenvalue weighted by Crippen LogP contribution is -2.41. The number of hydrogen-bond acceptors (Lipinski definition) is 4. The number of nitrogens with zero attached hydrogens (tertiary/aromatic N) is 2. The van der Waals surface area contributed by atoms with Crippen molar-refractivity contribution in [3.63, 3.8) is 0 Å². The third-order valence-corrected chi connectivity index (χ3v) is 6.07. The van der Waals surface area contributed by atoms with Crippen LogP contribution in [0.5, 0.6) is 0 Å². The molecule has 1 fully saturated rings. The largest absolute Gasteiger partial charge is 0.379 e. The monoisotopic (exact) mass is 473 g/mol. The predicted molar refractivity (Wildman–Crippen MR) is 139 cm³/mol. The van der Waals surface area contributed by atoms with Gasteiger partial charge in [-0.2, -0.15) is 0 Å². The molecule has 0 aliphatic carbocycles. The number of carbonyl (C=O) groups excluding carboxylic acids is 1. The number of aromatic nitrogens is 1. The summed E-state index contributed by atoms with van der Waals surface area (Å²) in [5.74, 6) is -0.0657. The maximum atomic E-state index is 13.1. The highest BCUT2D eigenvalue weighted by atomic mass is 35.5. The lowest BCUT2D eigenvalue weighted by Gasteiger charge is -2.26. The van der Waals surface area contributed by atoms with Crippen LogP contribution in [-0.4, -0.2) is 55.2 Å². The molecule has 0 unspecified atom stereocenters. The first-order chi connectivity index (χ1) is 16.3. The van der Waals surface area contributed by atoms with Crippen molar-refractivity contribution in [2.75, 3.05) is 39.4 Å². The fraction of sp³-hybridized carbons (Fsp3) is 0.214. The molecule has 0 bridgehead atoms. The molecular weight excluding hydrogens is 446 g/mol. The van der Waals surface area contributed by atoms with Crippen molar-refractivity contribution in [2.45, 2.75) is 0 Å². The maximum Gasteiger partial charge on any atom is 0.252 e. The van der Waals surface area contributed by atoms with E-state index < -0.39 is 0 Å². The molecule has 5 nitrogen and oxygen atoms in total. The van der Waals surface area contributed by atoms with Crippen LogP contribution in [0.1, 0.15) is 10.4 Å². The van der Waals surface area contributed by atoms with E-state index in [-0.39, 0.29) is 18.3 Å². The average molecular weight is 474 g/mol. The highest BCUT2D eigenvalue weighted by Crippen LogP contribution is 2.27. The molecule has 1 amide bonds. The van der Waals surface area contributed by atoms with Crippen molar-refractivity contribution >= 4 is 29.2 Å². The van der Waals surface area contributed by atoms with Gasteiger partial charge in [-0.3, -0.25) is 9.69 Å². The summed E-state index contributed by atoms with van der Waals surface area (Å²) < 4.78 is 5.40. The van der Waals surface area contributed by atoms with Crippen LogP contribution in [0.25, 0.3) is 33.3 Å². The zero-order valence-electron chi connectivity index (χ0n) is 18.9. The van der Waals surface area contributed by atoms with Gasteiger partial charge in [0, 0.05) is 37.1 Å². The number of carbonyl (C=O) groups is 1. The van der Waals surface area contributed by atoms with Gasteiger partial charge in [-0.1, -0.05) is 72.8 Å². The van der Waals surface area contributed by atoms with Crippen molar-refractivity contribution in [3.05, 3.63) is 90.5 Å². The minimum Gasteiger partial charge on any atom is -0.379 e. The molecule has 5 rings (SSSR count). The molecule has 34 heavy (non-hydrogen) atoms. The number of ether oxygens (including phenoxy) is 1. The quantitative estimate of drug-likeness (QED) is 0.425. The van der Waals surface area contributed by atoms with E-state index in [0.717, 1.165) is 60.6 Å². The Labute approximate surface area is 206 Å². The Morgan fingerprint density at radius 2 is 1.50 bits per heavy atom. The summed E-state index contributed by atoms with van der Waals surface area (Å²) in [5, 5.41) is 3.97. The molecule has 1 aliphatic heterocycles. The van der Waals surface area contributed by atoms with Gasteiger partial charge < -0.3 is 10.1 Å². The van der Waals surface area contributed by atoms with Crippen molar-refractivity contribution in [1.82, 2.24) is 15.2 Å². The van der Waals surface area contributed by atoms with Crippen molar-refractivity contribution in [1.29, 1.82) is 0 Å². The fourth-order valence-electron chi connectivity index (χ4n) is 4.22. The number of para-hydroxylation sites is 1. The summed E-state index contributed by atoms with van der Waals surface area (Å²) >= 11 is 0. The first-order valence-corrected chi connectivity index (χ1v) is 11.4. The van der Waals surface area contributed by atoms with Gasteiger partial charge in [0.25, 0.3) is 5.91 Å². The van der Waals surface area contributed by atoms with E-state index in [0.29, 0.717) is 12.1 Å². The first kappa shape index (κ1) is 23.9. The summed E-state index contributed by atoms with van der Waals surface area (Å²) in [6.45, 7) is 4.78. The second-order valence-corrected chi connectivity index (χ2v) is 8.23. The van der Waals surface area contributed by atoms with Crippen LogP contribution in [-0.2, 0) is 4.74 Å². The van der Waals surface area contributed by atoms with E-state index in [2.05, 4.69) is 46.6 Å². The molecule has 0 saturated carbocycles. The van der Waals surface area contributed by atoms with E-state index in [9.17, 15) is 4.79 Å². The minimum atomic E-state index is -0.0657. The molecule has 4 aromatic rings. The zero-order chi connectivity index (χ0) is 22.5. The average Bonchev–Trinajstić information content (AvgIpc) is 2.89. The van der Waals surface area contributed by atoms with Crippen molar-refractivity contribution < 1.29 is 9.53 Å². The number of amides is 1. The van der Waals surface area contributed by atoms with E-state index in [1.54, 1.807) is 0 Å². The van der Waals surface area contributed by atoms with Crippen molar-refractivity contribution in [3.8, 4) is 22.4 Å². The standard InChI is InChI=1S/C28H27N3O2.ClH/c32-28(29-14-15-31-16-18-33-19-17-31)25-20-27(30-26-9-5-4-8-24(25)26)23-12-10-22(11-13-23)21-6-2-1-3-7-21;/h1-13,20H,14-19H2,(H,29,32);1H. The van der Waals surface area contributed by atoms with Crippen LogP contribution >= 0.6 is 12.4 Å². The summed E-state index contributed by atoms with van der Waals surface area (Å²) in [7, 11) is 0. The molecule has 0 radical (unpaired) electrons. The van der Waals surface area contributed by atoms with Gasteiger partial charge in [0.2, 0.25) is 0 Å². The van der Waals surface area contributed by atoms with Crippen LogP contribution in [0.15, 0.2) is 84.9 Å². The number of pyridine rings is 1. The lowest BCUT2D eigenvalue weighted by molar-refractivity contribution is 0.0383. The van der Waals surface area contributed by atoms with E-state index >= 15 is 0 Å². The molecule has 6 heteroatoms. The number of benzene rings is 3. The summed E-state index contributed by atoms with van der Waals surface area (Å²) in [6.07, 6.45) is 0. The van der Waals surface area contributed by atoms with Crippen LogP contribution < -0.4 is 5.32 Å². The second kappa shape index (κ2) is 11.3. The first-order valence-electron chi connectivity index (χ1n) is 11.4. The van der Waals surface area contributed by atoms with Gasteiger partial charge in [0.1, 0.15) is 0 Å². The molecule has 3 aromatic carbocycles. The maximum absolute atomic E-state index is 13.1. The van der Waals surface area contributed by atoms with E-state index in [4.69, 9.17) is 9.72 Å². The molecule has 1 saturated heterocycles. The summed E-state index contributed by atoms with van der Waals surface area (Å²) in [5.41, 5.74) is 5.59. The van der Waals surface area contributed by atoms with Gasteiger partial charge in [-0.05, 0) is 23.3 Å². The van der Waals surface area contributed by atoms with Gasteiger partial charge in [-0.15, -0.1) is 12.4 Å². The molecule has 174 valence electrons. The molecule has 0 atom stereocenters. The summed E-state index contributed by atoms with van der Waals surface area (Å²) in [4.78, 5) is 20.3. The Balaban J connectivity index is 0.00000274. The zero-order valence-corrected chi connectivity index (χ0v) is 19.8. The van der Waals surface area contributed by atoms with Gasteiger partial charge in [-0.25, -0.2) is 4.98 Å². The third-order valence-electron chi connectivity index (χ3n) is 6.07.